The third kappa shape index (κ3) is 11.7. The second kappa shape index (κ2) is 12.7. The van der Waals surface area contributed by atoms with Crippen molar-refractivity contribution in [1.29, 1.82) is 0 Å². The molecule has 1 nitrogen and oxygen atoms in total. The lowest BCUT2D eigenvalue weighted by molar-refractivity contribution is 0.128. The van der Waals surface area contributed by atoms with Gasteiger partial charge in [0.05, 0.1) is 0 Å². The summed E-state index contributed by atoms with van der Waals surface area (Å²) in [6.07, 6.45) is 12.2. The number of hydrogen-bond donors (Lipinski definition) is 0. The van der Waals surface area contributed by atoms with E-state index in [0.717, 1.165) is 26.1 Å². The van der Waals surface area contributed by atoms with Gasteiger partial charge >= 0.3 is 0 Å². The van der Waals surface area contributed by atoms with Gasteiger partial charge in [-0.2, -0.15) is 0 Å². The molecule has 0 saturated heterocycles. The first-order valence-electron chi connectivity index (χ1n) is 6.10. The average Bonchev–Trinajstić information content (AvgIpc) is 2.21. The molecule has 0 aromatic rings. The van der Waals surface area contributed by atoms with Gasteiger partial charge in [-0.15, -0.1) is 6.58 Å². The summed E-state index contributed by atoms with van der Waals surface area (Å²) in [5.74, 6) is 0. The van der Waals surface area contributed by atoms with Gasteiger partial charge in [-0.25, -0.2) is 0 Å². The van der Waals surface area contributed by atoms with E-state index in [1.165, 1.54) is 38.5 Å². The largest absolute Gasteiger partial charge is 0.381 e. The molecule has 0 unspecified atom stereocenters. The molecule has 0 aromatic heterocycles. The molecule has 0 amide bonds. The third-order valence-electron chi connectivity index (χ3n) is 2.34. The van der Waals surface area contributed by atoms with Gasteiger partial charge in [0.2, 0.25) is 0 Å². The van der Waals surface area contributed by atoms with Gasteiger partial charge in [-0.05, 0) is 19.3 Å². The van der Waals surface area contributed by atoms with Crippen LogP contribution in [-0.4, -0.2) is 13.2 Å². The van der Waals surface area contributed by atoms with Gasteiger partial charge in [0.25, 0.3) is 0 Å². The van der Waals surface area contributed by atoms with E-state index < -0.39 is 0 Å². The molecule has 0 spiro atoms. The van der Waals surface area contributed by atoms with Crippen molar-refractivity contribution in [2.24, 2.45) is 0 Å². The van der Waals surface area contributed by atoms with Crippen LogP contribution in [0, 0.1) is 0 Å². The number of rotatable bonds is 11. The summed E-state index contributed by atoms with van der Waals surface area (Å²) in [5, 5.41) is 0. The van der Waals surface area contributed by atoms with Gasteiger partial charge in [0, 0.05) is 13.2 Å². The molecule has 0 rings (SSSR count). The van der Waals surface area contributed by atoms with Gasteiger partial charge in [0.15, 0.2) is 0 Å². The van der Waals surface area contributed by atoms with Gasteiger partial charge < -0.3 is 4.74 Å². The fraction of sp³-hybridized carbons (Fsp3) is 0.846. The molecular formula is C13H26O. The van der Waals surface area contributed by atoms with Gasteiger partial charge in [-0.1, -0.05) is 45.1 Å². The first kappa shape index (κ1) is 13.7. The van der Waals surface area contributed by atoms with Gasteiger partial charge in [-0.3, -0.25) is 0 Å². The second-order valence-corrected chi connectivity index (χ2v) is 3.81. The van der Waals surface area contributed by atoms with Crippen molar-refractivity contribution in [2.45, 2.75) is 58.3 Å². The van der Waals surface area contributed by atoms with E-state index in [9.17, 15) is 0 Å². The minimum atomic E-state index is 0.904. The molecule has 0 bridgehead atoms. The van der Waals surface area contributed by atoms with E-state index in [2.05, 4.69) is 13.5 Å². The average molecular weight is 198 g/mol. The van der Waals surface area contributed by atoms with Crippen LogP contribution in [0.4, 0.5) is 0 Å². The summed E-state index contributed by atoms with van der Waals surface area (Å²) in [5.41, 5.74) is 0. The van der Waals surface area contributed by atoms with Crippen LogP contribution in [-0.2, 0) is 4.74 Å². The fourth-order valence-electron chi connectivity index (χ4n) is 1.42. The van der Waals surface area contributed by atoms with Gasteiger partial charge in [0.1, 0.15) is 0 Å². The fourth-order valence-corrected chi connectivity index (χ4v) is 1.42. The maximum absolute atomic E-state index is 5.49. The summed E-state index contributed by atoms with van der Waals surface area (Å²) in [6, 6.07) is 0. The van der Waals surface area contributed by atoms with Crippen LogP contribution in [0.1, 0.15) is 58.3 Å². The highest BCUT2D eigenvalue weighted by molar-refractivity contribution is 4.64. The highest BCUT2D eigenvalue weighted by Gasteiger charge is 1.90. The molecule has 14 heavy (non-hydrogen) atoms. The van der Waals surface area contributed by atoms with E-state index in [0.29, 0.717) is 0 Å². The summed E-state index contributed by atoms with van der Waals surface area (Å²) in [4.78, 5) is 0. The molecule has 0 atom stereocenters. The van der Waals surface area contributed by atoms with Crippen molar-refractivity contribution in [2.75, 3.05) is 13.2 Å². The van der Waals surface area contributed by atoms with Crippen molar-refractivity contribution in [3.8, 4) is 0 Å². The van der Waals surface area contributed by atoms with Crippen molar-refractivity contribution < 1.29 is 4.74 Å². The summed E-state index contributed by atoms with van der Waals surface area (Å²) in [7, 11) is 0. The van der Waals surface area contributed by atoms with Crippen LogP contribution < -0.4 is 0 Å². The molecular weight excluding hydrogens is 172 g/mol. The van der Waals surface area contributed by atoms with Crippen LogP contribution in [0.3, 0.4) is 0 Å². The molecule has 1 heteroatoms. The molecule has 0 aliphatic heterocycles. The van der Waals surface area contributed by atoms with Crippen molar-refractivity contribution in [3.63, 3.8) is 0 Å². The maximum Gasteiger partial charge on any atom is 0.0468 e. The molecule has 0 fully saturated rings. The lowest BCUT2D eigenvalue weighted by Gasteiger charge is -2.02. The standard InChI is InChI=1S/C13H26O/c1-3-5-7-8-9-11-13-14-12-10-6-4-2/h4H,2-3,5-13H2,1H3. The molecule has 0 aliphatic rings. The maximum atomic E-state index is 5.49. The number of hydrogen-bond acceptors (Lipinski definition) is 1. The molecule has 0 saturated carbocycles. The van der Waals surface area contributed by atoms with Crippen LogP contribution in [0.5, 0.6) is 0 Å². The third-order valence-corrected chi connectivity index (χ3v) is 2.34. The lowest BCUT2D eigenvalue weighted by Crippen LogP contribution is -1.96. The predicted octanol–water partition coefficient (Wildman–Crippen LogP) is 4.33. The van der Waals surface area contributed by atoms with Crippen molar-refractivity contribution >= 4 is 0 Å². The second-order valence-electron chi connectivity index (χ2n) is 3.81. The highest BCUT2D eigenvalue weighted by atomic mass is 16.5. The van der Waals surface area contributed by atoms with Crippen molar-refractivity contribution in [1.82, 2.24) is 0 Å². The zero-order valence-electron chi connectivity index (χ0n) is 9.76. The zero-order valence-corrected chi connectivity index (χ0v) is 9.76. The topological polar surface area (TPSA) is 9.23 Å². The Morgan fingerprint density at radius 2 is 1.57 bits per heavy atom. The molecule has 84 valence electrons. The minimum absolute atomic E-state index is 0.904. The summed E-state index contributed by atoms with van der Waals surface area (Å²) < 4.78 is 5.49. The van der Waals surface area contributed by atoms with Crippen molar-refractivity contribution in [3.05, 3.63) is 12.7 Å². The number of ether oxygens (including phenoxy) is 1. The monoisotopic (exact) mass is 198 g/mol. The predicted molar refractivity (Wildman–Crippen MR) is 63.6 cm³/mol. The van der Waals surface area contributed by atoms with E-state index in [1.54, 1.807) is 0 Å². The number of unbranched alkanes of at least 4 members (excludes halogenated alkanes) is 6. The Balaban J connectivity index is 2.81. The first-order chi connectivity index (χ1) is 6.91. The molecule has 0 aromatic carbocycles. The Morgan fingerprint density at radius 3 is 2.29 bits per heavy atom. The molecule has 0 aliphatic carbocycles. The van der Waals surface area contributed by atoms with E-state index in [-0.39, 0.29) is 0 Å². The highest BCUT2D eigenvalue weighted by Crippen LogP contribution is 2.05. The Labute approximate surface area is 89.5 Å². The molecule has 0 N–H and O–H groups in total. The van der Waals surface area contributed by atoms with E-state index in [4.69, 9.17) is 4.74 Å². The first-order valence-corrected chi connectivity index (χ1v) is 6.10. The molecule has 0 radical (unpaired) electrons. The Kier molecular flexibility index (Phi) is 12.4. The summed E-state index contributed by atoms with van der Waals surface area (Å²) >= 11 is 0. The smallest absolute Gasteiger partial charge is 0.0468 e. The lowest BCUT2D eigenvalue weighted by atomic mass is 10.1. The SMILES string of the molecule is C=CCCCOCCCCCCCC. The van der Waals surface area contributed by atoms with E-state index >= 15 is 0 Å². The van der Waals surface area contributed by atoms with Crippen LogP contribution in [0.15, 0.2) is 12.7 Å². The Bertz CT molecular complexity index is 110. The van der Waals surface area contributed by atoms with Crippen LogP contribution in [0.25, 0.3) is 0 Å². The Hall–Kier alpha value is -0.300. The zero-order chi connectivity index (χ0) is 10.5. The summed E-state index contributed by atoms with van der Waals surface area (Å²) in [6.45, 7) is 7.79. The van der Waals surface area contributed by atoms with E-state index in [1.807, 2.05) is 6.08 Å². The van der Waals surface area contributed by atoms with Crippen LogP contribution in [0.2, 0.25) is 0 Å². The number of allylic oxidation sites excluding steroid dienone is 1. The molecule has 0 heterocycles. The normalized spacial score (nSPS) is 10.4. The van der Waals surface area contributed by atoms with Crippen LogP contribution >= 0.6 is 0 Å². The Morgan fingerprint density at radius 1 is 0.929 bits per heavy atom. The quantitative estimate of drug-likeness (QED) is 0.355. The minimum Gasteiger partial charge on any atom is -0.381 e.